The van der Waals surface area contributed by atoms with E-state index in [-0.39, 0.29) is 0 Å². The topological polar surface area (TPSA) is 32.3 Å². The van der Waals surface area contributed by atoms with Gasteiger partial charge in [-0.25, -0.2) is 0 Å². The predicted molar refractivity (Wildman–Crippen MR) is 65.2 cm³/mol. The van der Waals surface area contributed by atoms with Crippen LogP contribution in [0, 0.1) is 5.92 Å². The Morgan fingerprint density at radius 1 is 1.12 bits per heavy atom. The van der Waals surface area contributed by atoms with Gasteiger partial charge in [0.15, 0.2) is 0 Å². The molecule has 0 atom stereocenters. The number of amides is 1. The van der Waals surface area contributed by atoms with Crippen LogP contribution in [0.3, 0.4) is 0 Å². The molecule has 2 fully saturated rings. The van der Waals surface area contributed by atoms with Crippen molar-refractivity contribution in [2.75, 3.05) is 13.6 Å². The molecule has 0 spiro atoms. The summed E-state index contributed by atoms with van der Waals surface area (Å²) in [6, 6.07) is 1.10. The lowest BCUT2D eigenvalue weighted by Gasteiger charge is -2.36. The lowest BCUT2D eigenvalue weighted by atomic mass is 9.86. The van der Waals surface area contributed by atoms with Crippen molar-refractivity contribution in [1.82, 2.24) is 10.2 Å². The summed E-state index contributed by atoms with van der Waals surface area (Å²) in [5, 5.41) is 2.99. The van der Waals surface area contributed by atoms with Gasteiger partial charge in [-0.2, -0.15) is 0 Å². The second-order valence-corrected chi connectivity index (χ2v) is 5.48. The monoisotopic (exact) mass is 224 g/mol. The Labute approximate surface area is 98.6 Å². The molecule has 92 valence electrons. The van der Waals surface area contributed by atoms with E-state index in [2.05, 4.69) is 17.1 Å². The fraction of sp³-hybridized carbons (Fsp3) is 0.923. The molecule has 0 radical (unpaired) electrons. The van der Waals surface area contributed by atoms with Gasteiger partial charge in [-0.3, -0.25) is 4.79 Å². The Kier molecular flexibility index (Phi) is 3.85. The molecule has 0 saturated heterocycles. The summed E-state index contributed by atoms with van der Waals surface area (Å²) in [6.07, 6.45) is 7.46. The average Bonchev–Trinajstić information content (AvgIpc) is 3.06. The lowest BCUT2D eigenvalue weighted by molar-refractivity contribution is -0.134. The molecular weight excluding hydrogens is 200 g/mol. The molecule has 2 aliphatic carbocycles. The average molecular weight is 224 g/mol. The smallest absolute Gasteiger partial charge is 0.237 e. The van der Waals surface area contributed by atoms with Crippen LogP contribution in [0.25, 0.3) is 0 Å². The third-order valence-electron chi connectivity index (χ3n) is 3.94. The van der Waals surface area contributed by atoms with Crippen LogP contribution in [-0.2, 0) is 4.79 Å². The van der Waals surface area contributed by atoms with Crippen LogP contribution in [-0.4, -0.2) is 36.5 Å². The molecule has 1 N–H and O–H groups in total. The maximum absolute atomic E-state index is 12.1. The fourth-order valence-electron chi connectivity index (χ4n) is 2.82. The molecule has 1 amide bonds. The molecule has 16 heavy (non-hydrogen) atoms. The van der Waals surface area contributed by atoms with Crippen molar-refractivity contribution < 1.29 is 4.79 Å². The fourth-order valence-corrected chi connectivity index (χ4v) is 2.82. The van der Waals surface area contributed by atoms with E-state index in [0.717, 1.165) is 5.92 Å². The van der Waals surface area contributed by atoms with Gasteiger partial charge >= 0.3 is 0 Å². The maximum atomic E-state index is 12.1. The highest BCUT2D eigenvalue weighted by Gasteiger charge is 2.37. The van der Waals surface area contributed by atoms with Crippen LogP contribution in [0.15, 0.2) is 0 Å². The quantitative estimate of drug-likeness (QED) is 0.789. The van der Waals surface area contributed by atoms with Gasteiger partial charge in [0.05, 0.1) is 6.54 Å². The number of rotatable bonds is 4. The molecule has 0 unspecified atom stereocenters. The predicted octanol–water partition coefficient (Wildman–Crippen LogP) is 1.78. The molecule has 0 aromatic carbocycles. The van der Waals surface area contributed by atoms with Crippen molar-refractivity contribution in [3.05, 3.63) is 0 Å². The van der Waals surface area contributed by atoms with E-state index < -0.39 is 0 Å². The normalized spacial score (nSPS) is 30.1. The van der Waals surface area contributed by atoms with Crippen LogP contribution in [0.5, 0.6) is 0 Å². The molecule has 0 bridgehead atoms. The zero-order valence-electron chi connectivity index (χ0n) is 10.5. The highest BCUT2D eigenvalue weighted by Crippen LogP contribution is 2.35. The Balaban J connectivity index is 1.93. The van der Waals surface area contributed by atoms with Crippen LogP contribution < -0.4 is 5.32 Å². The van der Waals surface area contributed by atoms with E-state index in [9.17, 15) is 4.79 Å². The number of carbonyl (C=O) groups excluding carboxylic acids is 1. The first-order valence-corrected chi connectivity index (χ1v) is 6.68. The van der Waals surface area contributed by atoms with Crippen molar-refractivity contribution in [2.24, 2.45) is 5.92 Å². The van der Waals surface area contributed by atoms with Crippen molar-refractivity contribution in [1.29, 1.82) is 0 Å². The standard InChI is InChI=1S/C13H24N2O/c1-10-3-5-11(6-4-10)15(12-7-8-12)13(16)9-14-2/h10-12,14H,3-9H2,1-2H3. The van der Waals surface area contributed by atoms with E-state index in [1.807, 2.05) is 7.05 Å². The van der Waals surface area contributed by atoms with Crippen molar-refractivity contribution in [2.45, 2.75) is 57.5 Å². The van der Waals surface area contributed by atoms with E-state index in [1.165, 1.54) is 38.5 Å². The van der Waals surface area contributed by atoms with Gasteiger partial charge in [-0.05, 0) is 51.5 Å². The van der Waals surface area contributed by atoms with E-state index >= 15 is 0 Å². The summed E-state index contributed by atoms with van der Waals surface area (Å²) >= 11 is 0. The molecule has 2 aliphatic rings. The van der Waals surface area contributed by atoms with Gasteiger partial charge in [0.25, 0.3) is 0 Å². The number of hydrogen-bond acceptors (Lipinski definition) is 2. The highest BCUT2D eigenvalue weighted by atomic mass is 16.2. The van der Waals surface area contributed by atoms with Crippen LogP contribution >= 0.6 is 0 Å². The van der Waals surface area contributed by atoms with Crippen LogP contribution in [0.4, 0.5) is 0 Å². The zero-order valence-corrected chi connectivity index (χ0v) is 10.5. The number of nitrogens with zero attached hydrogens (tertiary/aromatic N) is 1. The largest absolute Gasteiger partial charge is 0.336 e. The molecular formula is C13H24N2O. The van der Waals surface area contributed by atoms with Gasteiger partial charge in [0.1, 0.15) is 0 Å². The molecule has 0 aromatic heterocycles. The van der Waals surface area contributed by atoms with E-state index in [1.54, 1.807) is 0 Å². The molecule has 0 aromatic rings. The Hall–Kier alpha value is -0.570. The SMILES string of the molecule is CNCC(=O)N(C1CCC(C)CC1)C1CC1. The van der Waals surface area contributed by atoms with Gasteiger partial charge in [-0.15, -0.1) is 0 Å². The summed E-state index contributed by atoms with van der Waals surface area (Å²) in [5.74, 6) is 1.17. The first-order valence-electron chi connectivity index (χ1n) is 6.68. The van der Waals surface area contributed by atoms with Crippen molar-refractivity contribution >= 4 is 5.91 Å². The molecule has 3 nitrogen and oxygen atoms in total. The lowest BCUT2D eigenvalue weighted by Crippen LogP contribution is -2.46. The Morgan fingerprint density at radius 2 is 1.62 bits per heavy atom. The van der Waals surface area contributed by atoms with Crippen molar-refractivity contribution in [3.63, 3.8) is 0 Å². The second kappa shape index (κ2) is 5.17. The number of carbonyl (C=O) groups is 1. The summed E-state index contributed by atoms with van der Waals surface area (Å²) in [5.41, 5.74) is 0. The summed E-state index contributed by atoms with van der Waals surface area (Å²) < 4.78 is 0. The van der Waals surface area contributed by atoms with Gasteiger partial charge in [0.2, 0.25) is 5.91 Å². The molecule has 2 rings (SSSR count). The van der Waals surface area contributed by atoms with Crippen LogP contribution in [0.1, 0.15) is 45.4 Å². The van der Waals surface area contributed by atoms with Crippen molar-refractivity contribution in [3.8, 4) is 0 Å². The first kappa shape index (κ1) is 11.9. The Bertz CT molecular complexity index is 242. The van der Waals surface area contributed by atoms with Gasteiger partial charge in [-0.1, -0.05) is 6.92 Å². The van der Waals surface area contributed by atoms with E-state index in [0.29, 0.717) is 24.5 Å². The van der Waals surface area contributed by atoms with E-state index in [4.69, 9.17) is 0 Å². The third kappa shape index (κ3) is 2.76. The summed E-state index contributed by atoms with van der Waals surface area (Å²) in [6.45, 7) is 2.83. The second-order valence-electron chi connectivity index (χ2n) is 5.48. The highest BCUT2D eigenvalue weighted by molar-refractivity contribution is 5.79. The molecule has 0 heterocycles. The zero-order chi connectivity index (χ0) is 11.5. The molecule has 0 aliphatic heterocycles. The minimum absolute atomic E-state index is 0.310. The van der Waals surface area contributed by atoms with Gasteiger partial charge in [0, 0.05) is 12.1 Å². The minimum atomic E-state index is 0.310. The Morgan fingerprint density at radius 3 is 2.06 bits per heavy atom. The van der Waals surface area contributed by atoms with Gasteiger partial charge < -0.3 is 10.2 Å². The third-order valence-corrected chi connectivity index (χ3v) is 3.94. The minimum Gasteiger partial charge on any atom is -0.336 e. The first-order chi connectivity index (χ1) is 7.72. The summed E-state index contributed by atoms with van der Waals surface area (Å²) in [7, 11) is 1.85. The van der Waals surface area contributed by atoms with Crippen LogP contribution in [0.2, 0.25) is 0 Å². The summed E-state index contributed by atoms with van der Waals surface area (Å²) in [4.78, 5) is 14.3. The maximum Gasteiger partial charge on any atom is 0.237 e. The molecule has 3 heteroatoms. The number of nitrogens with one attached hydrogen (secondary N) is 1. The number of hydrogen-bond donors (Lipinski definition) is 1. The number of likely N-dealkylation sites (N-methyl/N-ethyl adjacent to an activating group) is 1. The molecule has 2 saturated carbocycles.